The molecular weight excluding hydrogens is 294 g/mol. The highest BCUT2D eigenvalue weighted by Crippen LogP contribution is 2.33. The highest BCUT2D eigenvalue weighted by Gasteiger charge is 2.17. The molecule has 0 saturated heterocycles. The van der Waals surface area contributed by atoms with Crippen molar-refractivity contribution in [2.75, 3.05) is 6.54 Å². The molecule has 24 heavy (non-hydrogen) atoms. The van der Waals surface area contributed by atoms with Crippen LogP contribution in [0.2, 0.25) is 0 Å². The van der Waals surface area contributed by atoms with E-state index >= 15 is 0 Å². The Balaban J connectivity index is 1.82. The first-order valence-corrected chi connectivity index (χ1v) is 8.30. The Bertz CT molecular complexity index is 913. The van der Waals surface area contributed by atoms with Crippen LogP contribution < -0.4 is 5.32 Å². The molecule has 0 radical (unpaired) electrons. The number of benzene rings is 3. The Morgan fingerprint density at radius 1 is 0.792 bits per heavy atom. The maximum absolute atomic E-state index is 11.9. The van der Waals surface area contributed by atoms with Crippen molar-refractivity contribution in [3.05, 3.63) is 83.4 Å². The first-order valence-electron chi connectivity index (χ1n) is 8.30. The zero-order valence-corrected chi connectivity index (χ0v) is 13.7. The molecule has 0 bridgehead atoms. The first kappa shape index (κ1) is 14.7. The van der Waals surface area contributed by atoms with E-state index in [0.29, 0.717) is 0 Å². The van der Waals surface area contributed by atoms with Crippen LogP contribution >= 0.6 is 0 Å². The van der Waals surface area contributed by atoms with Crippen molar-refractivity contribution in [2.24, 2.45) is 0 Å². The number of fused-ring (bicyclic) bond motifs is 1. The molecule has 4 rings (SSSR count). The second-order valence-electron chi connectivity index (χ2n) is 6.22. The number of hydrogen-bond donors (Lipinski definition) is 1. The Labute approximate surface area is 142 Å². The maximum atomic E-state index is 11.9. The van der Waals surface area contributed by atoms with Gasteiger partial charge < -0.3 is 5.32 Å². The van der Waals surface area contributed by atoms with Crippen molar-refractivity contribution < 1.29 is 4.79 Å². The molecular formula is C22H19NO. The molecule has 3 aromatic rings. The van der Waals surface area contributed by atoms with Crippen LogP contribution in [0.5, 0.6) is 0 Å². The van der Waals surface area contributed by atoms with E-state index < -0.39 is 0 Å². The quantitative estimate of drug-likeness (QED) is 0.735. The topological polar surface area (TPSA) is 29.1 Å². The van der Waals surface area contributed by atoms with E-state index in [1.807, 2.05) is 12.1 Å². The predicted molar refractivity (Wildman–Crippen MR) is 98.1 cm³/mol. The zero-order chi connectivity index (χ0) is 16.5. The number of amides is 1. The van der Waals surface area contributed by atoms with Crippen molar-refractivity contribution in [1.29, 1.82) is 0 Å². The number of nitrogens with one attached hydrogen (secondary N) is 1. The fraction of sp³-hybridized carbons (Fsp3) is 0.136. The Hall–Kier alpha value is -2.87. The van der Waals surface area contributed by atoms with Crippen LogP contribution in [-0.2, 0) is 6.42 Å². The number of rotatable bonds is 2. The zero-order valence-electron chi connectivity index (χ0n) is 13.7. The third-order valence-electron chi connectivity index (χ3n) is 4.76. The van der Waals surface area contributed by atoms with Crippen LogP contribution in [0.1, 0.15) is 21.5 Å². The highest BCUT2D eigenvalue weighted by atomic mass is 16.1. The fourth-order valence-corrected chi connectivity index (χ4v) is 3.47. The predicted octanol–water partition coefficient (Wildman–Crippen LogP) is 4.61. The van der Waals surface area contributed by atoms with Crippen molar-refractivity contribution in [3.8, 4) is 22.3 Å². The van der Waals surface area contributed by atoms with Gasteiger partial charge in [0, 0.05) is 12.1 Å². The van der Waals surface area contributed by atoms with Gasteiger partial charge in [0.2, 0.25) is 0 Å². The summed E-state index contributed by atoms with van der Waals surface area (Å²) in [4.78, 5) is 11.9. The summed E-state index contributed by atoms with van der Waals surface area (Å²) >= 11 is 0. The van der Waals surface area contributed by atoms with Crippen LogP contribution in [0, 0.1) is 6.92 Å². The van der Waals surface area contributed by atoms with Crippen molar-refractivity contribution in [3.63, 3.8) is 0 Å². The first-order chi connectivity index (χ1) is 11.7. The molecule has 1 N–H and O–H groups in total. The van der Waals surface area contributed by atoms with Gasteiger partial charge in [0.25, 0.3) is 5.91 Å². The van der Waals surface area contributed by atoms with E-state index in [4.69, 9.17) is 0 Å². The second kappa shape index (κ2) is 5.97. The molecule has 0 saturated carbocycles. The van der Waals surface area contributed by atoms with Gasteiger partial charge in [-0.25, -0.2) is 0 Å². The molecule has 2 nitrogen and oxygen atoms in total. The van der Waals surface area contributed by atoms with E-state index in [9.17, 15) is 4.79 Å². The summed E-state index contributed by atoms with van der Waals surface area (Å²) in [6.45, 7) is 2.89. The minimum Gasteiger partial charge on any atom is -0.352 e. The van der Waals surface area contributed by atoms with Crippen LogP contribution in [0.15, 0.2) is 66.7 Å². The molecule has 1 aliphatic heterocycles. The molecule has 0 fully saturated rings. The van der Waals surface area contributed by atoms with E-state index in [-0.39, 0.29) is 5.91 Å². The molecule has 3 aromatic carbocycles. The molecule has 2 heteroatoms. The average Bonchev–Trinajstić information content (AvgIpc) is 2.62. The second-order valence-corrected chi connectivity index (χ2v) is 6.22. The molecule has 1 amide bonds. The molecule has 0 spiro atoms. The average molecular weight is 313 g/mol. The van der Waals surface area contributed by atoms with Gasteiger partial charge in [-0.05, 0) is 52.8 Å². The number of carbonyl (C=O) groups excluding carboxylic acids is 1. The van der Waals surface area contributed by atoms with Crippen LogP contribution in [0.25, 0.3) is 22.3 Å². The van der Waals surface area contributed by atoms with Gasteiger partial charge in [0.1, 0.15) is 0 Å². The molecule has 0 atom stereocenters. The summed E-state index contributed by atoms with van der Waals surface area (Å²) in [6, 6.07) is 23.1. The van der Waals surface area contributed by atoms with E-state index in [1.165, 1.54) is 27.8 Å². The summed E-state index contributed by atoms with van der Waals surface area (Å²) in [5.74, 6) is 0.0394. The molecule has 0 aliphatic carbocycles. The van der Waals surface area contributed by atoms with Crippen molar-refractivity contribution >= 4 is 5.91 Å². The third-order valence-corrected chi connectivity index (χ3v) is 4.76. The standard InChI is InChI=1S/C22H19NO/c1-15-19(16-6-3-2-4-7-16)8-5-9-20(15)17-10-11-21-18(14-17)12-13-23-22(21)24/h2-11,14H,12-13H2,1H3,(H,23,24). The number of carbonyl (C=O) groups is 1. The third kappa shape index (κ3) is 2.50. The van der Waals surface area contributed by atoms with E-state index in [2.05, 4.69) is 66.8 Å². The Morgan fingerprint density at radius 3 is 2.33 bits per heavy atom. The maximum Gasteiger partial charge on any atom is 0.251 e. The fourth-order valence-electron chi connectivity index (χ4n) is 3.47. The van der Waals surface area contributed by atoms with Crippen molar-refractivity contribution in [1.82, 2.24) is 5.32 Å². The Morgan fingerprint density at radius 2 is 1.54 bits per heavy atom. The molecule has 118 valence electrons. The minimum atomic E-state index is 0.0394. The summed E-state index contributed by atoms with van der Waals surface area (Å²) in [6.07, 6.45) is 0.895. The molecule has 1 heterocycles. The van der Waals surface area contributed by atoms with Crippen molar-refractivity contribution in [2.45, 2.75) is 13.3 Å². The number of hydrogen-bond acceptors (Lipinski definition) is 1. The molecule has 1 aliphatic rings. The molecule has 0 aromatic heterocycles. The van der Waals surface area contributed by atoms with E-state index in [1.54, 1.807) is 0 Å². The largest absolute Gasteiger partial charge is 0.352 e. The summed E-state index contributed by atoms with van der Waals surface area (Å²) in [7, 11) is 0. The lowest BCUT2D eigenvalue weighted by atomic mass is 9.90. The molecule has 0 unspecified atom stereocenters. The summed E-state index contributed by atoms with van der Waals surface area (Å²) < 4.78 is 0. The lowest BCUT2D eigenvalue weighted by Crippen LogP contribution is -2.31. The van der Waals surface area contributed by atoms with Gasteiger partial charge in [-0.3, -0.25) is 4.79 Å². The van der Waals surface area contributed by atoms with Gasteiger partial charge in [-0.15, -0.1) is 0 Å². The normalized spacial score (nSPS) is 13.3. The van der Waals surface area contributed by atoms with Gasteiger partial charge in [-0.1, -0.05) is 60.7 Å². The SMILES string of the molecule is Cc1c(-c2ccccc2)cccc1-c1ccc2c(c1)CCNC2=O. The van der Waals surface area contributed by atoms with Crippen LogP contribution in [0.4, 0.5) is 0 Å². The lowest BCUT2D eigenvalue weighted by molar-refractivity contribution is 0.0946. The summed E-state index contributed by atoms with van der Waals surface area (Å²) in [5.41, 5.74) is 8.10. The van der Waals surface area contributed by atoms with Gasteiger partial charge in [0.05, 0.1) is 0 Å². The van der Waals surface area contributed by atoms with Gasteiger partial charge in [0.15, 0.2) is 0 Å². The Kier molecular flexibility index (Phi) is 3.66. The monoisotopic (exact) mass is 313 g/mol. The van der Waals surface area contributed by atoms with Gasteiger partial charge in [-0.2, -0.15) is 0 Å². The van der Waals surface area contributed by atoms with E-state index in [0.717, 1.165) is 24.1 Å². The smallest absolute Gasteiger partial charge is 0.251 e. The summed E-state index contributed by atoms with van der Waals surface area (Å²) in [5, 5.41) is 2.90. The van der Waals surface area contributed by atoms with Crippen LogP contribution in [-0.4, -0.2) is 12.5 Å². The highest BCUT2D eigenvalue weighted by molar-refractivity contribution is 5.97. The van der Waals surface area contributed by atoms with Crippen LogP contribution in [0.3, 0.4) is 0 Å². The lowest BCUT2D eigenvalue weighted by Gasteiger charge is -2.18. The minimum absolute atomic E-state index is 0.0394. The van der Waals surface area contributed by atoms with Gasteiger partial charge >= 0.3 is 0 Å².